The Morgan fingerprint density at radius 1 is 1.38 bits per heavy atom. The minimum atomic E-state index is -0.385. The largest absolute Gasteiger partial charge is 0.392 e. The molecular formula is C12H19FN2O. The summed E-state index contributed by atoms with van der Waals surface area (Å²) in [5.41, 5.74) is 0.788. The molecule has 0 spiro atoms. The quantitative estimate of drug-likeness (QED) is 0.806. The third-order valence-electron chi connectivity index (χ3n) is 2.63. The fourth-order valence-corrected chi connectivity index (χ4v) is 1.32. The molecule has 0 aliphatic carbocycles. The van der Waals surface area contributed by atoms with Gasteiger partial charge in [0.1, 0.15) is 5.82 Å². The van der Waals surface area contributed by atoms with E-state index in [1.54, 1.807) is 6.20 Å². The molecule has 1 aromatic rings. The minimum Gasteiger partial charge on any atom is -0.392 e. The summed E-state index contributed by atoms with van der Waals surface area (Å²) in [6.45, 7) is 6.33. The van der Waals surface area contributed by atoms with Crippen molar-refractivity contribution in [2.45, 2.75) is 32.9 Å². The molecule has 0 saturated carbocycles. The van der Waals surface area contributed by atoms with Crippen LogP contribution in [0.4, 0.5) is 4.39 Å². The van der Waals surface area contributed by atoms with Crippen molar-refractivity contribution < 1.29 is 9.50 Å². The summed E-state index contributed by atoms with van der Waals surface area (Å²) in [4.78, 5) is 3.79. The predicted octanol–water partition coefficient (Wildman–Crippen LogP) is 1.89. The van der Waals surface area contributed by atoms with Gasteiger partial charge >= 0.3 is 0 Å². The SMILES string of the molecule is CC(NCC(O)C(C)C)c1cncc(F)c1. The minimum absolute atomic E-state index is 0.0170. The number of hydrogen-bond donors (Lipinski definition) is 2. The molecule has 0 bridgehead atoms. The lowest BCUT2D eigenvalue weighted by Crippen LogP contribution is -2.32. The van der Waals surface area contributed by atoms with Gasteiger partial charge in [-0.2, -0.15) is 0 Å². The van der Waals surface area contributed by atoms with Gasteiger partial charge in [0, 0.05) is 18.8 Å². The fraction of sp³-hybridized carbons (Fsp3) is 0.583. The number of pyridine rings is 1. The van der Waals surface area contributed by atoms with Crippen LogP contribution in [-0.4, -0.2) is 22.7 Å². The number of aliphatic hydroxyl groups is 1. The molecule has 4 heteroatoms. The highest BCUT2D eigenvalue weighted by Gasteiger charge is 2.12. The first kappa shape index (κ1) is 13.1. The molecule has 1 rings (SSSR count). The van der Waals surface area contributed by atoms with Crippen LogP contribution in [0.25, 0.3) is 0 Å². The van der Waals surface area contributed by atoms with Crippen LogP contribution in [0.1, 0.15) is 32.4 Å². The monoisotopic (exact) mass is 226 g/mol. The number of nitrogens with zero attached hydrogens (tertiary/aromatic N) is 1. The van der Waals surface area contributed by atoms with E-state index in [4.69, 9.17) is 0 Å². The van der Waals surface area contributed by atoms with Gasteiger partial charge in [-0.1, -0.05) is 13.8 Å². The highest BCUT2D eigenvalue weighted by molar-refractivity contribution is 5.14. The van der Waals surface area contributed by atoms with Crippen LogP contribution in [-0.2, 0) is 0 Å². The summed E-state index contributed by atoms with van der Waals surface area (Å²) in [5, 5.41) is 12.8. The summed E-state index contributed by atoms with van der Waals surface area (Å²) in [7, 11) is 0. The Balaban J connectivity index is 2.49. The van der Waals surface area contributed by atoms with E-state index in [0.717, 1.165) is 5.56 Å². The zero-order valence-corrected chi connectivity index (χ0v) is 9.94. The maximum absolute atomic E-state index is 12.9. The summed E-state index contributed by atoms with van der Waals surface area (Å²) in [5.74, 6) is -0.124. The van der Waals surface area contributed by atoms with E-state index in [1.807, 2.05) is 20.8 Å². The number of hydrogen-bond acceptors (Lipinski definition) is 3. The predicted molar refractivity (Wildman–Crippen MR) is 61.5 cm³/mol. The first-order valence-corrected chi connectivity index (χ1v) is 5.52. The summed E-state index contributed by atoms with van der Waals surface area (Å²) < 4.78 is 12.9. The molecular weight excluding hydrogens is 207 g/mol. The van der Waals surface area contributed by atoms with Crippen molar-refractivity contribution >= 4 is 0 Å². The van der Waals surface area contributed by atoms with Crippen molar-refractivity contribution in [3.05, 3.63) is 29.8 Å². The molecule has 2 atom stereocenters. The Labute approximate surface area is 95.7 Å². The van der Waals surface area contributed by atoms with Crippen molar-refractivity contribution in [1.82, 2.24) is 10.3 Å². The van der Waals surface area contributed by atoms with E-state index in [9.17, 15) is 9.50 Å². The third kappa shape index (κ3) is 3.87. The Kier molecular flexibility index (Phi) is 4.83. The van der Waals surface area contributed by atoms with Crippen LogP contribution < -0.4 is 5.32 Å². The second-order valence-corrected chi connectivity index (χ2v) is 4.38. The first-order chi connectivity index (χ1) is 7.50. The maximum Gasteiger partial charge on any atom is 0.141 e. The van der Waals surface area contributed by atoms with Crippen molar-refractivity contribution in [1.29, 1.82) is 0 Å². The van der Waals surface area contributed by atoms with E-state index in [2.05, 4.69) is 10.3 Å². The van der Waals surface area contributed by atoms with Crippen molar-refractivity contribution in [2.24, 2.45) is 5.92 Å². The molecule has 0 aromatic carbocycles. The standard InChI is InChI=1S/C12H19FN2O/c1-8(2)12(16)7-15-9(3)10-4-11(13)6-14-5-10/h4-6,8-9,12,15-16H,7H2,1-3H3. The smallest absolute Gasteiger partial charge is 0.141 e. The molecule has 16 heavy (non-hydrogen) atoms. The summed E-state index contributed by atoms with van der Waals surface area (Å²) >= 11 is 0. The number of halogens is 1. The van der Waals surface area contributed by atoms with Crippen LogP contribution in [0.5, 0.6) is 0 Å². The number of aromatic nitrogens is 1. The van der Waals surface area contributed by atoms with Crippen molar-refractivity contribution in [3.8, 4) is 0 Å². The van der Waals surface area contributed by atoms with E-state index in [0.29, 0.717) is 6.54 Å². The lowest BCUT2D eigenvalue weighted by molar-refractivity contribution is 0.120. The van der Waals surface area contributed by atoms with E-state index in [-0.39, 0.29) is 23.9 Å². The van der Waals surface area contributed by atoms with E-state index >= 15 is 0 Å². The number of nitrogens with one attached hydrogen (secondary N) is 1. The average Bonchev–Trinajstić information content (AvgIpc) is 2.25. The second-order valence-electron chi connectivity index (χ2n) is 4.38. The van der Waals surface area contributed by atoms with Gasteiger partial charge in [-0.25, -0.2) is 4.39 Å². The molecule has 90 valence electrons. The second kappa shape index (κ2) is 5.92. The Hall–Kier alpha value is -1.00. The topological polar surface area (TPSA) is 45.1 Å². The van der Waals surface area contributed by atoms with E-state index in [1.165, 1.54) is 12.3 Å². The van der Waals surface area contributed by atoms with Gasteiger partial charge in [-0.15, -0.1) is 0 Å². The average molecular weight is 226 g/mol. The van der Waals surface area contributed by atoms with Crippen LogP contribution in [0, 0.1) is 11.7 Å². The van der Waals surface area contributed by atoms with Gasteiger partial charge in [0.25, 0.3) is 0 Å². The van der Waals surface area contributed by atoms with Crippen molar-refractivity contribution in [2.75, 3.05) is 6.54 Å². The molecule has 0 amide bonds. The molecule has 0 radical (unpaired) electrons. The fourth-order valence-electron chi connectivity index (χ4n) is 1.32. The van der Waals surface area contributed by atoms with Crippen LogP contribution in [0.15, 0.2) is 18.5 Å². The summed E-state index contributed by atoms with van der Waals surface area (Å²) in [6, 6.07) is 1.43. The van der Waals surface area contributed by atoms with Crippen LogP contribution in [0.2, 0.25) is 0 Å². The lowest BCUT2D eigenvalue weighted by Gasteiger charge is -2.19. The van der Waals surface area contributed by atoms with Gasteiger partial charge < -0.3 is 10.4 Å². The number of rotatable bonds is 5. The maximum atomic E-state index is 12.9. The zero-order valence-electron chi connectivity index (χ0n) is 9.94. The first-order valence-electron chi connectivity index (χ1n) is 5.52. The van der Waals surface area contributed by atoms with Gasteiger partial charge in [0.2, 0.25) is 0 Å². The number of aliphatic hydroxyl groups excluding tert-OH is 1. The molecule has 0 saturated heterocycles. The van der Waals surface area contributed by atoms with Crippen molar-refractivity contribution in [3.63, 3.8) is 0 Å². The lowest BCUT2D eigenvalue weighted by atomic mass is 10.1. The molecule has 0 aliphatic rings. The summed E-state index contributed by atoms with van der Waals surface area (Å²) in [6.07, 6.45) is 2.42. The zero-order chi connectivity index (χ0) is 12.1. The molecule has 0 aliphatic heterocycles. The third-order valence-corrected chi connectivity index (χ3v) is 2.63. The molecule has 1 aromatic heterocycles. The van der Waals surface area contributed by atoms with Gasteiger partial charge in [0.15, 0.2) is 0 Å². The molecule has 1 heterocycles. The van der Waals surface area contributed by atoms with Crippen LogP contribution in [0.3, 0.4) is 0 Å². The van der Waals surface area contributed by atoms with Crippen LogP contribution >= 0.6 is 0 Å². The Morgan fingerprint density at radius 3 is 2.62 bits per heavy atom. The van der Waals surface area contributed by atoms with E-state index < -0.39 is 0 Å². The Bertz CT molecular complexity index is 331. The Morgan fingerprint density at radius 2 is 2.06 bits per heavy atom. The molecule has 2 N–H and O–H groups in total. The van der Waals surface area contributed by atoms with Gasteiger partial charge in [-0.05, 0) is 24.5 Å². The highest BCUT2D eigenvalue weighted by atomic mass is 19.1. The molecule has 3 nitrogen and oxygen atoms in total. The van der Waals surface area contributed by atoms with Gasteiger partial charge in [0.05, 0.1) is 12.3 Å². The molecule has 2 unspecified atom stereocenters. The normalized spacial score (nSPS) is 15.1. The molecule has 0 fully saturated rings. The highest BCUT2D eigenvalue weighted by Crippen LogP contribution is 2.12. The van der Waals surface area contributed by atoms with Gasteiger partial charge in [-0.3, -0.25) is 4.98 Å².